The summed E-state index contributed by atoms with van der Waals surface area (Å²) in [6, 6.07) is 10.6. The zero-order valence-corrected chi connectivity index (χ0v) is 16.8. The highest BCUT2D eigenvalue weighted by molar-refractivity contribution is 7.08. The van der Waals surface area contributed by atoms with Gasteiger partial charge in [0.15, 0.2) is 0 Å². The Morgan fingerprint density at radius 3 is 2.48 bits per heavy atom. The van der Waals surface area contributed by atoms with Crippen LogP contribution in [0.4, 0.5) is 0 Å². The van der Waals surface area contributed by atoms with Crippen molar-refractivity contribution in [2.75, 3.05) is 27.2 Å². The largest absolute Gasteiger partial charge is 0.348 e. The van der Waals surface area contributed by atoms with Gasteiger partial charge in [-0.2, -0.15) is 11.3 Å². The van der Waals surface area contributed by atoms with Crippen LogP contribution < -0.4 is 0 Å². The summed E-state index contributed by atoms with van der Waals surface area (Å²) >= 11 is 1.69. The summed E-state index contributed by atoms with van der Waals surface area (Å²) in [5, 5.41) is 4.22. The Hall–Kier alpha value is -2.14. The van der Waals surface area contributed by atoms with E-state index in [1.807, 2.05) is 19.0 Å². The summed E-state index contributed by atoms with van der Waals surface area (Å²) in [4.78, 5) is 29.2. The molecule has 4 nitrogen and oxygen atoms in total. The molecule has 1 atom stereocenters. The smallest absolute Gasteiger partial charge is 0.230 e. The van der Waals surface area contributed by atoms with E-state index in [1.54, 1.807) is 16.2 Å². The van der Waals surface area contributed by atoms with Crippen LogP contribution in [0.25, 0.3) is 11.1 Å². The van der Waals surface area contributed by atoms with Crippen molar-refractivity contribution in [3.8, 4) is 11.1 Å². The summed E-state index contributed by atoms with van der Waals surface area (Å²) in [5.41, 5.74) is 3.08. The molecule has 1 aromatic carbocycles. The molecule has 142 valence electrons. The van der Waals surface area contributed by atoms with Gasteiger partial charge in [0.1, 0.15) is 0 Å². The van der Waals surface area contributed by atoms with Gasteiger partial charge in [0, 0.05) is 33.1 Å². The highest BCUT2D eigenvalue weighted by Gasteiger charge is 2.48. The molecule has 1 aromatic heterocycles. The maximum Gasteiger partial charge on any atom is 0.230 e. The summed E-state index contributed by atoms with van der Waals surface area (Å²) in [6.45, 7) is 1.24. The van der Waals surface area contributed by atoms with Crippen molar-refractivity contribution in [1.82, 2.24) is 9.80 Å². The van der Waals surface area contributed by atoms with Crippen LogP contribution in [0.2, 0.25) is 0 Å². The summed E-state index contributed by atoms with van der Waals surface area (Å²) < 4.78 is 0. The number of rotatable bonds is 5. The van der Waals surface area contributed by atoms with Crippen LogP contribution in [0.3, 0.4) is 0 Å². The lowest BCUT2D eigenvalue weighted by Gasteiger charge is -2.31. The molecule has 1 saturated heterocycles. The van der Waals surface area contributed by atoms with E-state index in [9.17, 15) is 9.59 Å². The monoisotopic (exact) mass is 382 g/mol. The maximum atomic E-state index is 13.1. The van der Waals surface area contributed by atoms with E-state index in [2.05, 4.69) is 41.1 Å². The molecule has 2 amide bonds. The molecule has 1 aliphatic carbocycles. The predicted molar refractivity (Wildman–Crippen MR) is 109 cm³/mol. The van der Waals surface area contributed by atoms with Crippen LogP contribution in [0.1, 0.15) is 24.8 Å². The van der Waals surface area contributed by atoms with E-state index < -0.39 is 5.41 Å². The first-order valence-electron chi connectivity index (χ1n) is 9.61. The van der Waals surface area contributed by atoms with Gasteiger partial charge in [0.25, 0.3) is 0 Å². The van der Waals surface area contributed by atoms with E-state index in [1.165, 1.54) is 11.1 Å². The van der Waals surface area contributed by atoms with Crippen molar-refractivity contribution in [2.24, 2.45) is 11.3 Å². The first-order valence-corrected chi connectivity index (χ1v) is 10.5. The Kier molecular flexibility index (Phi) is 4.81. The minimum absolute atomic E-state index is 0.135. The van der Waals surface area contributed by atoms with Crippen LogP contribution >= 0.6 is 11.3 Å². The second-order valence-electron chi connectivity index (χ2n) is 8.15. The Labute approximate surface area is 164 Å². The Bertz CT molecular complexity index is 825. The predicted octanol–water partition coefficient (Wildman–Crippen LogP) is 3.67. The lowest BCUT2D eigenvalue weighted by atomic mass is 9.79. The Morgan fingerprint density at radius 1 is 1.15 bits per heavy atom. The number of hydrogen-bond acceptors (Lipinski definition) is 3. The fraction of sp³-hybridized carbons (Fsp3) is 0.455. The Morgan fingerprint density at radius 2 is 1.89 bits per heavy atom. The van der Waals surface area contributed by atoms with Crippen LogP contribution in [-0.2, 0) is 16.0 Å². The molecule has 27 heavy (non-hydrogen) atoms. The van der Waals surface area contributed by atoms with Crippen LogP contribution in [0, 0.1) is 11.3 Å². The fourth-order valence-electron chi connectivity index (χ4n) is 4.15. The number of carbonyl (C=O) groups excluding carboxylic acids is 2. The van der Waals surface area contributed by atoms with Gasteiger partial charge in [0.2, 0.25) is 11.8 Å². The highest BCUT2D eigenvalue weighted by atomic mass is 32.1. The standard InChI is InChI=1S/C22H26N2O2S/c1-23(2)21(26)22(10-11-24(15-22)20(25)18-7-8-18)13-16-3-5-17(6-4-16)19-9-12-27-14-19/h3-6,9,12,14,18H,7-8,10-11,13,15H2,1-2H3/t22-/m1/s1. The van der Waals surface area contributed by atoms with Crippen molar-refractivity contribution >= 4 is 23.2 Å². The molecular formula is C22H26N2O2S. The van der Waals surface area contributed by atoms with Crippen LogP contribution in [0.5, 0.6) is 0 Å². The highest BCUT2D eigenvalue weighted by Crippen LogP contribution is 2.39. The van der Waals surface area contributed by atoms with Crippen LogP contribution in [0.15, 0.2) is 41.1 Å². The van der Waals surface area contributed by atoms with Gasteiger partial charge in [0.05, 0.1) is 5.41 Å². The molecule has 0 spiro atoms. The quantitative estimate of drug-likeness (QED) is 0.792. The fourth-order valence-corrected chi connectivity index (χ4v) is 4.82. The van der Waals surface area contributed by atoms with Gasteiger partial charge in [-0.25, -0.2) is 0 Å². The lowest BCUT2D eigenvalue weighted by Crippen LogP contribution is -2.44. The van der Waals surface area contributed by atoms with Crippen molar-refractivity contribution < 1.29 is 9.59 Å². The third kappa shape index (κ3) is 3.65. The minimum atomic E-state index is -0.502. The van der Waals surface area contributed by atoms with E-state index in [-0.39, 0.29) is 17.7 Å². The van der Waals surface area contributed by atoms with Gasteiger partial charge < -0.3 is 9.80 Å². The van der Waals surface area contributed by atoms with E-state index in [0.717, 1.165) is 24.8 Å². The zero-order chi connectivity index (χ0) is 19.0. The number of nitrogens with zero attached hydrogens (tertiary/aromatic N) is 2. The molecule has 0 bridgehead atoms. The van der Waals surface area contributed by atoms with Crippen LogP contribution in [-0.4, -0.2) is 48.8 Å². The third-order valence-electron chi connectivity index (χ3n) is 5.80. The number of hydrogen-bond donors (Lipinski definition) is 0. The number of likely N-dealkylation sites (tertiary alicyclic amines) is 1. The molecule has 2 aliphatic rings. The first kappa shape index (κ1) is 18.2. The molecule has 5 heteroatoms. The number of thiophene rings is 1. The lowest BCUT2D eigenvalue weighted by molar-refractivity contribution is -0.139. The molecular weight excluding hydrogens is 356 g/mol. The topological polar surface area (TPSA) is 40.6 Å². The van der Waals surface area contributed by atoms with Crippen molar-refractivity contribution in [1.29, 1.82) is 0 Å². The molecule has 0 N–H and O–H groups in total. The SMILES string of the molecule is CN(C)C(=O)[C@@]1(Cc2ccc(-c3ccsc3)cc2)CCN(C(=O)C2CC2)C1. The molecule has 1 saturated carbocycles. The summed E-state index contributed by atoms with van der Waals surface area (Å²) in [6.07, 6.45) is 3.44. The van der Waals surface area contributed by atoms with Gasteiger partial charge in [-0.15, -0.1) is 0 Å². The zero-order valence-electron chi connectivity index (χ0n) is 16.0. The average Bonchev–Trinajstić information content (AvgIpc) is 3.20. The first-order chi connectivity index (χ1) is 13.0. The van der Waals surface area contributed by atoms with Gasteiger partial charge in [-0.3, -0.25) is 9.59 Å². The molecule has 4 rings (SSSR count). The summed E-state index contributed by atoms with van der Waals surface area (Å²) in [7, 11) is 3.63. The molecule has 2 heterocycles. The number of amides is 2. The van der Waals surface area contributed by atoms with Gasteiger partial charge in [-0.1, -0.05) is 24.3 Å². The summed E-state index contributed by atoms with van der Waals surface area (Å²) in [5.74, 6) is 0.590. The van der Waals surface area contributed by atoms with E-state index in [0.29, 0.717) is 19.5 Å². The third-order valence-corrected chi connectivity index (χ3v) is 6.49. The molecule has 0 unspecified atom stereocenters. The molecule has 2 aromatic rings. The number of benzene rings is 1. The second-order valence-corrected chi connectivity index (χ2v) is 8.93. The van der Waals surface area contributed by atoms with Crippen molar-refractivity contribution in [3.63, 3.8) is 0 Å². The molecule has 1 aliphatic heterocycles. The molecule has 0 radical (unpaired) electrons. The van der Waals surface area contributed by atoms with Gasteiger partial charge >= 0.3 is 0 Å². The van der Waals surface area contributed by atoms with E-state index in [4.69, 9.17) is 0 Å². The van der Waals surface area contributed by atoms with E-state index >= 15 is 0 Å². The Balaban J connectivity index is 1.55. The van der Waals surface area contributed by atoms with Gasteiger partial charge in [-0.05, 0) is 59.2 Å². The normalized spacial score (nSPS) is 22.1. The minimum Gasteiger partial charge on any atom is -0.348 e. The van der Waals surface area contributed by atoms with Crippen molar-refractivity contribution in [3.05, 3.63) is 46.7 Å². The second kappa shape index (κ2) is 7.12. The molecule has 2 fully saturated rings. The van der Waals surface area contributed by atoms with Crippen molar-refractivity contribution in [2.45, 2.75) is 25.7 Å². The maximum absolute atomic E-state index is 13.1. The average molecular weight is 383 g/mol. The number of carbonyl (C=O) groups is 2.